The normalized spacial score (nSPS) is 14.9. The first-order chi connectivity index (χ1) is 16.6. The van der Waals surface area contributed by atoms with Gasteiger partial charge in [-0.2, -0.15) is 0 Å². The molecule has 0 aromatic heterocycles. The molecular weight excluding hydrogens is 541 g/mol. The Morgan fingerprint density at radius 2 is 1.54 bits per heavy atom. The van der Waals surface area contributed by atoms with Crippen molar-refractivity contribution >= 4 is 76.0 Å². The van der Waals surface area contributed by atoms with Crippen molar-refractivity contribution in [2.45, 2.75) is 6.61 Å². The lowest BCUT2D eigenvalue weighted by atomic mass is 10.1. The molecule has 0 bridgehead atoms. The van der Waals surface area contributed by atoms with E-state index in [0.717, 1.165) is 17.0 Å². The van der Waals surface area contributed by atoms with Crippen molar-refractivity contribution in [3.63, 3.8) is 0 Å². The van der Waals surface area contributed by atoms with Crippen molar-refractivity contribution in [3.05, 3.63) is 97.2 Å². The molecule has 1 aliphatic heterocycles. The molecule has 0 saturated carbocycles. The van der Waals surface area contributed by atoms with Crippen LogP contribution in [-0.4, -0.2) is 17.8 Å². The molecule has 35 heavy (non-hydrogen) atoms. The molecule has 3 aromatic carbocycles. The lowest BCUT2D eigenvalue weighted by Gasteiger charge is -2.26. The first-order valence-electron chi connectivity index (χ1n) is 9.87. The van der Waals surface area contributed by atoms with Gasteiger partial charge in [0.25, 0.3) is 11.8 Å². The summed E-state index contributed by atoms with van der Waals surface area (Å²) in [4.78, 5) is 38.3. The fourth-order valence-corrected chi connectivity index (χ4v) is 4.31. The molecule has 0 aliphatic carbocycles. The fourth-order valence-electron chi connectivity index (χ4n) is 3.24. The van der Waals surface area contributed by atoms with Gasteiger partial charge in [0.15, 0.2) is 5.75 Å². The number of carbonyl (C=O) groups is 3. The number of nitrogens with one attached hydrogen (secondary N) is 1. The van der Waals surface area contributed by atoms with Crippen molar-refractivity contribution in [2.75, 3.05) is 4.90 Å². The standard InChI is InChI=1S/C24H13Cl4FN2O4/c25-14-2-1-13(18(26)10-14)11-35-21-19(27)8-12(9-20(21)28)7-17-22(32)30-24(34)31(23(17)33)16-5-3-15(29)4-6-16/h1-10H,11H2,(H,30,32,34)/b17-7+. The Kier molecular flexibility index (Phi) is 7.33. The number of carbonyl (C=O) groups excluding carboxylic acids is 3. The molecule has 1 saturated heterocycles. The Labute approximate surface area is 218 Å². The topological polar surface area (TPSA) is 75.7 Å². The van der Waals surface area contributed by atoms with E-state index >= 15 is 0 Å². The second-order valence-corrected chi connectivity index (χ2v) is 8.93. The monoisotopic (exact) mass is 552 g/mol. The number of ether oxygens (including phenoxy) is 1. The Hall–Kier alpha value is -3.10. The predicted molar refractivity (Wildman–Crippen MR) is 133 cm³/mol. The molecule has 1 heterocycles. The molecule has 0 unspecified atom stereocenters. The lowest BCUT2D eigenvalue weighted by molar-refractivity contribution is -0.122. The second-order valence-electron chi connectivity index (χ2n) is 7.27. The number of anilines is 1. The number of barbiturate groups is 1. The summed E-state index contributed by atoms with van der Waals surface area (Å²) < 4.78 is 19.0. The largest absolute Gasteiger partial charge is 0.486 e. The molecule has 4 rings (SSSR count). The SMILES string of the molecule is O=C1NC(=O)N(c2ccc(F)cc2)C(=O)/C1=C/c1cc(Cl)c(OCc2ccc(Cl)cc2Cl)c(Cl)c1. The van der Waals surface area contributed by atoms with Gasteiger partial charge in [-0.3, -0.25) is 14.9 Å². The molecule has 6 nitrogen and oxygen atoms in total. The van der Waals surface area contributed by atoms with E-state index in [2.05, 4.69) is 5.32 Å². The number of hydrogen-bond acceptors (Lipinski definition) is 4. The van der Waals surface area contributed by atoms with Crippen LogP contribution >= 0.6 is 46.4 Å². The van der Waals surface area contributed by atoms with Gasteiger partial charge in [-0.15, -0.1) is 0 Å². The van der Waals surface area contributed by atoms with Crippen molar-refractivity contribution < 1.29 is 23.5 Å². The quantitative estimate of drug-likeness (QED) is 0.282. The molecule has 1 fully saturated rings. The second kappa shape index (κ2) is 10.3. The number of imide groups is 2. The third-order valence-electron chi connectivity index (χ3n) is 4.91. The number of benzene rings is 3. The fraction of sp³-hybridized carbons (Fsp3) is 0.0417. The van der Waals surface area contributed by atoms with E-state index in [1.165, 1.54) is 30.3 Å². The number of hydrogen-bond donors (Lipinski definition) is 1. The minimum atomic E-state index is -0.954. The van der Waals surface area contributed by atoms with Crippen molar-refractivity contribution in [1.82, 2.24) is 5.32 Å². The van der Waals surface area contributed by atoms with Crippen LogP contribution in [0.5, 0.6) is 5.75 Å². The number of halogens is 5. The number of amides is 4. The van der Waals surface area contributed by atoms with Crippen LogP contribution in [0.15, 0.2) is 60.2 Å². The number of rotatable bonds is 5. The zero-order chi connectivity index (χ0) is 25.3. The van der Waals surface area contributed by atoms with Crippen LogP contribution in [0.1, 0.15) is 11.1 Å². The van der Waals surface area contributed by atoms with Gasteiger partial charge in [0, 0.05) is 15.6 Å². The highest BCUT2D eigenvalue weighted by Gasteiger charge is 2.36. The Morgan fingerprint density at radius 3 is 2.17 bits per heavy atom. The molecular formula is C24H13Cl4FN2O4. The summed E-state index contributed by atoms with van der Waals surface area (Å²) in [6.07, 6.45) is 1.23. The van der Waals surface area contributed by atoms with E-state index in [9.17, 15) is 18.8 Å². The highest BCUT2D eigenvalue weighted by atomic mass is 35.5. The minimum Gasteiger partial charge on any atom is -0.486 e. The zero-order valence-corrected chi connectivity index (χ0v) is 20.5. The summed E-state index contributed by atoms with van der Waals surface area (Å²) in [5, 5.41) is 3.20. The molecule has 1 N–H and O–H groups in total. The maximum atomic E-state index is 13.3. The summed E-state index contributed by atoms with van der Waals surface area (Å²) >= 11 is 24.7. The molecule has 11 heteroatoms. The summed E-state index contributed by atoms with van der Waals surface area (Å²) in [5.41, 5.74) is 0.712. The van der Waals surface area contributed by atoms with Gasteiger partial charge in [-0.1, -0.05) is 52.5 Å². The van der Waals surface area contributed by atoms with E-state index < -0.39 is 23.7 Å². The summed E-state index contributed by atoms with van der Waals surface area (Å²) in [7, 11) is 0. The average molecular weight is 554 g/mol. The molecule has 3 aromatic rings. The van der Waals surface area contributed by atoms with Crippen molar-refractivity contribution in [3.8, 4) is 5.75 Å². The van der Waals surface area contributed by atoms with E-state index in [-0.39, 0.29) is 33.7 Å². The number of urea groups is 1. The van der Waals surface area contributed by atoms with Crippen LogP contribution in [0.25, 0.3) is 6.08 Å². The predicted octanol–water partition coefficient (Wildman–Crippen LogP) is 6.68. The third-order valence-corrected chi connectivity index (χ3v) is 6.05. The zero-order valence-electron chi connectivity index (χ0n) is 17.5. The first kappa shape index (κ1) is 25.0. The average Bonchev–Trinajstić information content (AvgIpc) is 2.78. The van der Waals surface area contributed by atoms with E-state index in [1.807, 2.05) is 0 Å². The smallest absolute Gasteiger partial charge is 0.335 e. The van der Waals surface area contributed by atoms with Gasteiger partial charge >= 0.3 is 6.03 Å². The minimum absolute atomic E-state index is 0.0610. The maximum Gasteiger partial charge on any atom is 0.335 e. The van der Waals surface area contributed by atoms with E-state index in [1.54, 1.807) is 18.2 Å². The van der Waals surface area contributed by atoms with Crippen LogP contribution in [0, 0.1) is 5.82 Å². The Balaban J connectivity index is 1.60. The molecule has 0 radical (unpaired) electrons. The van der Waals surface area contributed by atoms with Gasteiger partial charge in [-0.25, -0.2) is 14.1 Å². The van der Waals surface area contributed by atoms with Crippen LogP contribution in [0.3, 0.4) is 0 Å². The highest BCUT2D eigenvalue weighted by molar-refractivity contribution is 6.40. The third kappa shape index (κ3) is 5.44. The van der Waals surface area contributed by atoms with Crippen molar-refractivity contribution in [2.24, 2.45) is 0 Å². The molecule has 0 spiro atoms. The summed E-state index contributed by atoms with van der Waals surface area (Å²) in [6, 6.07) is 11.5. The Bertz CT molecular complexity index is 1370. The van der Waals surface area contributed by atoms with Crippen LogP contribution in [0.2, 0.25) is 20.1 Å². The summed E-state index contributed by atoms with van der Waals surface area (Å²) in [6.45, 7) is 0.0610. The molecule has 178 valence electrons. The molecule has 1 aliphatic rings. The lowest BCUT2D eigenvalue weighted by Crippen LogP contribution is -2.54. The van der Waals surface area contributed by atoms with Crippen LogP contribution < -0.4 is 15.0 Å². The molecule has 0 atom stereocenters. The number of nitrogens with zero attached hydrogens (tertiary/aromatic N) is 1. The van der Waals surface area contributed by atoms with Gasteiger partial charge in [-0.05, 0) is 60.2 Å². The van der Waals surface area contributed by atoms with E-state index in [4.69, 9.17) is 51.1 Å². The highest BCUT2D eigenvalue weighted by Crippen LogP contribution is 2.36. The van der Waals surface area contributed by atoms with Crippen LogP contribution in [-0.2, 0) is 16.2 Å². The molecule has 4 amide bonds. The van der Waals surface area contributed by atoms with E-state index in [0.29, 0.717) is 21.2 Å². The van der Waals surface area contributed by atoms with Gasteiger partial charge in [0.1, 0.15) is 18.0 Å². The van der Waals surface area contributed by atoms with Gasteiger partial charge in [0.05, 0.1) is 15.7 Å². The van der Waals surface area contributed by atoms with Gasteiger partial charge < -0.3 is 4.74 Å². The van der Waals surface area contributed by atoms with Crippen molar-refractivity contribution in [1.29, 1.82) is 0 Å². The van der Waals surface area contributed by atoms with Gasteiger partial charge in [0.2, 0.25) is 0 Å². The first-order valence-corrected chi connectivity index (χ1v) is 11.4. The Morgan fingerprint density at radius 1 is 0.886 bits per heavy atom. The maximum absolute atomic E-state index is 13.3. The summed E-state index contributed by atoms with van der Waals surface area (Å²) in [5.74, 6) is -2.17. The van der Waals surface area contributed by atoms with Crippen LogP contribution in [0.4, 0.5) is 14.9 Å².